The van der Waals surface area contributed by atoms with Crippen LogP contribution in [0, 0.1) is 6.92 Å². The third kappa shape index (κ3) is 5.74. The highest BCUT2D eigenvalue weighted by atomic mass is 32.2. The van der Waals surface area contributed by atoms with Crippen molar-refractivity contribution < 1.29 is 23.4 Å². The molecular formula is C30H41N3O5S. The Labute approximate surface area is 232 Å². The van der Waals surface area contributed by atoms with Crippen LogP contribution in [0.15, 0.2) is 53.4 Å². The summed E-state index contributed by atoms with van der Waals surface area (Å²) < 4.78 is 36.2. The zero-order valence-electron chi connectivity index (χ0n) is 23.6. The van der Waals surface area contributed by atoms with Crippen LogP contribution in [0.2, 0.25) is 0 Å². The van der Waals surface area contributed by atoms with Gasteiger partial charge in [-0.25, -0.2) is 8.42 Å². The molecule has 0 aromatic heterocycles. The Kier molecular flexibility index (Phi) is 7.35. The van der Waals surface area contributed by atoms with Crippen molar-refractivity contribution in [3.63, 3.8) is 0 Å². The molecule has 0 saturated carbocycles. The van der Waals surface area contributed by atoms with Gasteiger partial charge in [0, 0.05) is 32.6 Å². The number of sulfonamides is 1. The molecule has 2 aromatic carbocycles. The highest BCUT2D eigenvalue weighted by molar-refractivity contribution is 7.92. The van der Waals surface area contributed by atoms with Crippen LogP contribution in [-0.4, -0.2) is 86.2 Å². The first-order valence-electron chi connectivity index (χ1n) is 13.7. The Morgan fingerprint density at radius 2 is 1.82 bits per heavy atom. The van der Waals surface area contributed by atoms with Crippen molar-refractivity contribution in [3.05, 3.63) is 59.7 Å². The number of aliphatic hydroxyl groups is 2. The van der Waals surface area contributed by atoms with Crippen LogP contribution < -0.4 is 9.21 Å². The molecule has 9 heteroatoms. The topological polar surface area (TPSA) is 93.6 Å². The van der Waals surface area contributed by atoms with Crippen LogP contribution in [-0.2, 0) is 14.8 Å². The van der Waals surface area contributed by atoms with E-state index in [0.29, 0.717) is 31.9 Å². The molecule has 0 bridgehead atoms. The van der Waals surface area contributed by atoms with Crippen LogP contribution in [0.3, 0.4) is 0 Å². The Balaban J connectivity index is 1.58. The van der Waals surface area contributed by atoms with E-state index in [2.05, 4.69) is 55.7 Å². The predicted octanol–water partition coefficient (Wildman–Crippen LogP) is 3.41. The standard InChI is InChI=1S/C30H41N3O5S/c1-21-7-6-8-26(13-21)39(36,37)33-18-24-17-31(19-25(35)20-34)11-12-32(24)27-10-9-22(14-28(27)33)23-15-29(2,3)38-30(4,5)16-23/h6-10,13-15,24-25,34-35H,11-12,16-20H2,1-5H3/t24-,25-/m0/s1. The molecule has 0 radical (unpaired) electrons. The van der Waals surface area contributed by atoms with E-state index in [4.69, 9.17) is 4.74 Å². The first-order chi connectivity index (χ1) is 18.3. The van der Waals surface area contributed by atoms with E-state index in [1.54, 1.807) is 22.5 Å². The molecule has 2 atom stereocenters. The van der Waals surface area contributed by atoms with Gasteiger partial charge in [0.2, 0.25) is 0 Å². The number of nitrogens with zero attached hydrogens (tertiary/aromatic N) is 3. The molecule has 0 aliphatic carbocycles. The minimum absolute atomic E-state index is 0.0808. The second-order valence-corrected chi connectivity index (χ2v) is 14.2. The fourth-order valence-corrected chi connectivity index (χ4v) is 8.01. The maximum Gasteiger partial charge on any atom is 0.264 e. The molecule has 0 unspecified atom stereocenters. The van der Waals surface area contributed by atoms with Crippen LogP contribution >= 0.6 is 0 Å². The molecule has 2 aromatic rings. The van der Waals surface area contributed by atoms with Gasteiger partial charge in [-0.05, 0) is 81.7 Å². The molecule has 2 N–H and O–H groups in total. The van der Waals surface area contributed by atoms with Crippen LogP contribution in [0.1, 0.15) is 45.2 Å². The molecule has 8 nitrogen and oxygen atoms in total. The average Bonchev–Trinajstić information content (AvgIpc) is 2.85. The van der Waals surface area contributed by atoms with E-state index in [9.17, 15) is 18.6 Å². The van der Waals surface area contributed by atoms with Crippen LogP contribution in [0.5, 0.6) is 0 Å². The Morgan fingerprint density at radius 3 is 2.51 bits per heavy atom. The zero-order chi connectivity index (χ0) is 28.2. The number of anilines is 2. The van der Waals surface area contributed by atoms with Gasteiger partial charge in [-0.2, -0.15) is 0 Å². The van der Waals surface area contributed by atoms with Gasteiger partial charge in [-0.3, -0.25) is 9.21 Å². The lowest BCUT2D eigenvalue weighted by Gasteiger charge is -2.49. The minimum Gasteiger partial charge on any atom is -0.394 e. The van der Waals surface area contributed by atoms with E-state index in [0.717, 1.165) is 35.4 Å². The van der Waals surface area contributed by atoms with Crippen molar-refractivity contribution in [2.75, 3.05) is 48.5 Å². The highest BCUT2D eigenvalue weighted by Gasteiger charge is 2.41. The van der Waals surface area contributed by atoms with Gasteiger partial charge in [0.1, 0.15) is 0 Å². The van der Waals surface area contributed by atoms with Gasteiger partial charge in [0.25, 0.3) is 10.0 Å². The summed E-state index contributed by atoms with van der Waals surface area (Å²) in [6, 6.07) is 13.2. The van der Waals surface area contributed by atoms with Crippen molar-refractivity contribution in [1.82, 2.24) is 4.90 Å². The largest absolute Gasteiger partial charge is 0.394 e. The van der Waals surface area contributed by atoms with Crippen LogP contribution in [0.25, 0.3) is 5.57 Å². The average molecular weight is 556 g/mol. The van der Waals surface area contributed by atoms with E-state index in [-0.39, 0.29) is 23.1 Å². The Hall–Kier alpha value is -2.43. The van der Waals surface area contributed by atoms with E-state index in [1.807, 2.05) is 19.1 Å². The molecular weight excluding hydrogens is 514 g/mol. The summed E-state index contributed by atoms with van der Waals surface area (Å²) in [5, 5.41) is 19.4. The summed E-state index contributed by atoms with van der Waals surface area (Å²) in [5.41, 5.74) is 3.88. The molecule has 39 heavy (non-hydrogen) atoms. The first kappa shape index (κ1) is 28.1. The lowest BCUT2D eigenvalue weighted by atomic mass is 9.85. The minimum atomic E-state index is -3.83. The fourth-order valence-electron chi connectivity index (χ4n) is 6.39. The van der Waals surface area contributed by atoms with Crippen molar-refractivity contribution in [1.29, 1.82) is 0 Å². The molecule has 3 heterocycles. The molecule has 3 aliphatic heterocycles. The second-order valence-electron chi connectivity index (χ2n) is 12.3. The summed E-state index contributed by atoms with van der Waals surface area (Å²) in [6.07, 6.45) is 2.06. The molecule has 5 rings (SSSR count). The van der Waals surface area contributed by atoms with E-state index >= 15 is 0 Å². The molecule has 1 fully saturated rings. The number of hydrogen-bond donors (Lipinski definition) is 2. The highest BCUT2D eigenvalue weighted by Crippen LogP contribution is 2.44. The van der Waals surface area contributed by atoms with Crippen molar-refractivity contribution in [2.45, 2.75) is 69.3 Å². The number of piperazine rings is 1. The number of ether oxygens (including phenoxy) is 1. The lowest BCUT2D eigenvalue weighted by Crippen LogP contribution is -2.61. The number of benzene rings is 2. The van der Waals surface area contributed by atoms with Crippen molar-refractivity contribution >= 4 is 27.0 Å². The summed E-state index contributed by atoms with van der Waals surface area (Å²) in [4.78, 5) is 4.69. The van der Waals surface area contributed by atoms with Crippen molar-refractivity contribution in [3.8, 4) is 0 Å². The molecule has 0 amide bonds. The first-order valence-corrected chi connectivity index (χ1v) is 15.2. The molecule has 1 saturated heterocycles. The maximum absolute atomic E-state index is 14.2. The van der Waals surface area contributed by atoms with Gasteiger partial charge in [0.15, 0.2) is 0 Å². The third-order valence-electron chi connectivity index (χ3n) is 7.80. The molecule has 3 aliphatic rings. The van der Waals surface area contributed by atoms with Gasteiger partial charge < -0.3 is 19.8 Å². The quantitative estimate of drug-likeness (QED) is 0.564. The Bertz CT molecular complexity index is 1370. The van der Waals surface area contributed by atoms with E-state index in [1.165, 1.54) is 0 Å². The number of β-amino-alcohol motifs (C(OH)–C–C–N with tert-alkyl or cyclic N) is 1. The Morgan fingerprint density at radius 1 is 1.05 bits per heavy atom. The number of aryl methyl sites for hydroxylation is 1. The monoisotopic (exact) mass is 555 g/mol. The smallest absolute Gasteiger partial charge is 0.264 e. The summed E-state index contributed by atoms with van der Waals surface area (Å²) in [6.45, 7) is 12.6. The summed E-state index contributed by atoms with van der Waals surface area (Å²) in [7, 11) is -3.83. The molecule has 0 spiro atoms. The predicted molar refractivity (Wildman–Crippen MR) is 155 cm³/mol. The van der Waals surface area contributed by atoms with Crippen molar-refractivity contribution in [2.24, 2.45) is 0 Å². The van der Waals surface area contributed by atoms with Gasteiger partial charge in [-0.1, -0.05) is 18.2 Å². The fraction of sp³-hybridized carbons (Fsp3) is 0.533. The summed E-state index contributed by atoms with van der Waals surface area (Å²) >= 11 is 0. The van der Waals surface area contributed by atoms with E-state index < -0.39 is 21.7 Å². The number of fused-ring (bicyclic) bond motifs is 3. The second kappa shape index (κ2) is 10.2. The number of rotatable bonds is 6. The summed E-state index contributed by atoms with van der Waals surface area (Å²) in [5.74, 6) is 0. The van der Waals surface area contributed by atoms with Gasteiger partial charge >= 0.3 is 0 Å². The third-order valence-corrected chi connectivity index (χ3v) is 9.58. The molecule has 212 valence electrons. The lowest BCUT2D eigenvalue weighted by molar-refractivity contribution is -0.100. The maximum atomic E-state index is 14.2. The van der Waals surface area contributed by atoms with Gasteiger partial charge in [-0.15, -0.1) is 0 Å². The normalized spacial score (nSPS) is 23.6. The van der Waals surface area contributed by atoms with Gasteiger partial charge in [0.05, 0.1) is 52.8 Å². The zero-order valence-corrected chi connectivity index (χ0v) is 24.4. The SMILES string of the molecule is Cc1cccc(S(=O)(=O)N2C[C@@H]3CN(C[C@H](O)CO)CCN3c3ccc(C4=CC(C)(C)OC(C)(C)C4)cc32)c1. The van der Waals surface area contributed by atoms with Crippen LogP contribution in [0.4, 0.5) is 11.4 Å². The number of aliphatic hydroxyl groups excluding tert-OH is 2. The number of hydrogen-bond acceptors (Lipinski definition) is 7.